The second kappa shape index (κ2) is 12.2. The second-order valence-electron chi connectivity index (χ2n) is 13.7. The molecule has 2 aromatic heterocycles. The molecule has 8 aromatic carbocycles. The van der Waals surface area contributed by atoms with Crippen molar-refractivity contribution in [3.8, 4) is 44.8 Å². The van der Waals surface area contributed by atoms with E-state index in [1.54, 1.807) is 0 Å². The fourth-order valence-electron chi connectivity index (χ4n) is 8.22. The zero-order chi connectivity index (χ0) is 35.6. The Bertz CT molecular complexity index is 3010. The average molecular weight is 687 g/mol. The fraction of sp³-hybridized carbons (Fsp3) is 0.0204. The van der Waals surface area contributed by atoms with Crippen molar-refractivity contribution in [1.29, 1.82) is 0 Å². The number of aromatic nitrogens is 2. The molecule has 0 atom stereocenters. The molecule has 0 bridgehead atoms. The van der Waals surface area contributed by atoms with Crippen LogP contribution in [-0.2, 0) is 0 Å². The van der Waals surface area contributed by atoms with Crippen LogP contribution in [0.3, 0.4) is 0 Å². The molecule has 0 spiro atoms. The van der Waals surface area contributed by atoms with Gasteiger partial charge in [-0.15, -0.1) is 0 Å². The predicted octanol–water partition coefficient (Wildman–Crippen LogP) is 13.5. The lowest BCUT2D eigenvalue weighted by Crippen LogP contribution is -2.06. The van der Waals surface area contributed by atoms with Gasteiger partial charge in [0, 0.05) is 33.2 Å². The van der Waals surface area contributed by atoms with Gasteiger partial charge in [0.15, 0.2) is 0 Å². The number of benzene rings is 8. The molecule has 0 unspecified atom stereocenters. The molecule has 2 heterocycles. The van der Waals surface area contributed by atoms with E-state index in [-0.39, 0.29) is 0 Å². The quantitative estimate of drug-likeness (QED) is 0.171. The average Bonchev–Trinajstić information content (AvgIpc) is 3.70. The zero-order valence-electron chi connectivity index (χ0n) is 28.9. The molecule has 0 saturated heterocycles. The molecule has 10 rings (SSSR count). The van der Waals surface area contributed by atoms with Crippen molar-refractivity contribution in [2.45, 2.75) is 6.92 Å². The molecule has 0 aliphatic heterocycles. The summed E-state index contributed by atoms with van der Waals surface area (Å²) in [6.45, 7) is 2.13. The van der Waals surface area contributed by atoms with Crippen molar-refractivity contribution in [3.63, 3.8) is 0 Å². The molecule has 10 aromatic rings. The van der Waals surface area contributed by atoms with Gasteiger partial charge in [0.05, 0.1) is 33.4 Å². The van der Waals surface area contributed by atoms with Crippen LogP contribution in [0, 0.1) is 18.6 Å². The van der Waals surface area contributed by atoms with Crippen molar-refractivity contribution in [2.24, 2.45) is 0 Å². The Kier molecular flexibility index (Phi) is 7.12. The van der Waals surface area contributed by atoms with Crippen LogP contribution in [-0.4, -0.2) is 9.13 Å². The molecule has 0 fully saturated rings. The van der Waals surface area contributed by atoms with Gasteiger partial charge in [-0.25, -0.2) is 8.78 Å². The first kappa shape index (κ1) is 31.0. The minimum absolute atomic E-state index is 0.478. The molecule has 0 radical (unpaired) electrons. The van der Waals surface area contributed by atoms with Crippen LogP contribution in [0.15, 0.2) is 176 Å². The third-order valence-electron chi connectivity index (χ3n) is 10.6. The number of halogens is 2. The largest absolute Gasteiger partial charge is 0.309 e. The number of para-hydroxylation sites is 2. The smallest absolute Gasteiger partial charge is 0.126 e. The Labute approximate surface area is 305 Å². The van der Waals surface area contributed by atoms with Gasteiger partial charge in [-0.1, -0.05) is 127 Å². The summed E-state index contributed by atoms with van der Waals surface area (Å²) in [5.74, 6) is -1.23. The summed E-state index contributed by atoms with van der Waals surface area (Å²) in [5, 5.41) is 4.52. The molecule has 0 aliphatic rings. The topological polar surface area (TPSA) is 9.86 Å². The highest BCUT2D eigenvalue weighted by atomic mass is 19.1. The Balaban J connectivity index is 1.33. The van der Waals surface area contributed by atoms with Gasteiger partial charge in [0.25, 0.3) is 0 Å². The molecule has 0 saturated carbocycles. The maximum absolute atomic E-state index is 15.0. The predicted molar refractivity (Wildman–Crippen MR) is 216 cm³/mol. The van der Waals surface area contributed by atoms with Crippen molar-refractivity contribution in [3.05, 3.63) is 193 Å². The van der Waals surface area contributed by atoms with E-state index in [0.717, 1.165) is 94.4 Å². The van der Waals surface area contributed by atoms with Gasteiger partial charge in [-0.2, -0.15) is 0 Å². The maximum atomic E-state index is 15.0. The number of hydrogen-bond acceptors (Lipinski definition) is 0. The number of hydrogen-bond donors (Lipinski definition) is 0. The first-order valence-corrected chi connectivity index (χ1v) is 17.8. The van der Waals surface area contributed by atoms with Gasteiger partial charge in [0.2, 0.25) is 0 Å². The second-order valence-corrected chi connectivity index (χ2v) is 13.7. The normalized spacial score (nSPS) is 11.7. The standard InChI is InChI=1S/C49H32F2N2/c1-31-44(52-45-18-10-8-16-40(45)42-22-20-34(28-47(42)52)32-12-4-2-5-13-32)25-24-39(36-26-37(50)30-38(51)27-36)49(31)53-46-19-11-9-17-41(46)43-23-21-35(29-48(43)53)33-14-6-3-7-15-33/h2-30H,1H3. The zero-order valence-corrected chi connectivity index (χ0v) is 28.9. The van der Waals surface area contributed by atoms with E-state index < -0.39 is 11.6 Å². The molecule has 252 valence electrons. The third-order valence-corrected chi connectivity index (χ3v) is 10.6. The van der Waals surface area contributed by atoms with Gasteiger partial charge in [-0.05, 0) is 82.8 Å². The molecule has 0 amide bonds. The van der Waals surface area contributed by atoms with E-state index in [2.05, 4.69) is 143 Å². The van der Waals surface area contributed by atoms with Gasteiger partial charge < -0.3 is 9.13 Å². The van der Waals surface area contributed by atoms with E-state index in [1.807, 2.05) is 30.3 Å². The van der Waals surface area contributed by atoms with Crippen molar-refractivity contribution < 1.29 is 8.78 Å². The van der Waals surface area contributed by atoms with Crippen molar-refractivity contribution in [1.82, 2.24) is 9.13 Å². The molecule has 0 aliphatic carbocycles. The van der Waals surface area contributed by atoms with Crippen LogP contribution < -0.4 is 0 Å². The minimum Gasteiger partial charge on any atom is -0.309 e. The highest BCUT2D eigenvalue weighted by molar-refractivity contribution is 6.12. The van der Waals surface area contributed by atoms with E-state index in [9.17, 15) is 0 Å². The first-order valence-electron chi connectivity index (χ1n) is 17.8. The van der Waals surface area contributed by atoms with Crippen LogP contribution in [0.1, 0.15) is 5.56 Å². The van der Waals surface area contributed by atoms with Crippen LogP contribution in [0.2, 0.25) is 0 Å². The molecule has 4 heteroatoms. The van der Waals surface area contributed by atoms with E-state index in [0.29, 0.717) is 5.56 Å². The summed E-state index contributed by atoms with van der Waals surface area (Å²) in [5.41, 5.74) is 12.7. The van der Waals surface area contributed by atoms with Crippen LogP contribution in [0.25, 0.3) is 88.4 Å². The van der Waals surface area contributed by atoms with E-state index in [1.165, 1.54) is 12.1 Å². The molecule has 2 nitrogen and oxygen atoms in total. The maximum Gasteiger partial charge on any atom is 0.126 e. The van der Waals surface area contributed by atoms with Gasteiger partial charge in [0.1, 0.15) is 11.6 Å². The Morgan fingerprint density at radius 2 is 0.830 bits per heavy atom. The summed E-state index contributed by atoms with van der Waals surface area (Å²) in [6, 6.07) is 58.9. The summed E-state index contributed by atoms with van der Waals surface area (Å²) < 4.78 is 34.7. The molecular formula is C49H32F2N2. The van der Waals surface area contributed by atoms with Gasteiger partial charge in [-0.3, -0.25) is 0 Å². The Morgan fingerprint density at radius 1 is 0.358 bits per heavy atom. The monoisotopic (exact) mass is 686 g/mol. The first-order chi connectivity index (χ1) is 26.0. The summed E-state index contributed by atoms with van der Waals surface area (Å²) in [6.07, 6.45) is 0. The Morgan fingerprint density at radius 3 is 1.40 bits per heavy atom. The van der Waals surface area contributed by atoms with Crippen molar-refractivity contribution >= 4 is 43.6 Å². The lowest BCUT2D eigenvalue weighted by atomic mass is 9.97. The van der Waals surface area contributed by atoms with Crippen LogP contribution in [0.4, 0.5) is 8.78 Å². The molecule has 53 heavy (non-hydrogen) atoms. The highest BCUT2D eigenvalue weighted by Crippen LogP contribution is 2.43. The van der Waals surface area contributed by atoms with E-state index in [4.69, 9.17) is 0 Å². The SMILES string of the molecule is Cc1c(-n2c3ccccc3c3ccc(-c4ccccc4)cc32)ccc(-c2cc(F)cc(F)c2)c1-n1c2ccccc2c2ccc(-c3ccccc3)cc21. The highest BCUT2D eigenvalue weighted by Gasteiger charge is 2.23. The summed E-state index contributed by atoms with van der Waals surface area (Å²) >= 11 is 0. The lowest BCUT2D eigenvalue weighted by Gasteiger charge is -2.21. The lowest BCUT2D eigenvalue weighted by molar-refractivity contribution is 0.584. The van der Waals surface area contributed by atoms with E-state index >= 15 is 8.78 Å². The molecule has 0 N–H and O–H groups in total. The molecular weight excluding hydrogens is 655 g/mol. The number of fused-ring (bicyclic) bond motifs is 6. The van der Waals surface area contributed by atoms with Crippen molar-refractivity contribution in [2.75, 3.05) is 0 Å². The number of rotatable bonds is 5. The van der Waals surface area contributed by atoms with Gasteiger partial charge >= 0.3 is 0 Å². The summed E-state index contributed by atoms with van der Waals surface area (Å²) in [7, 11) is 0. The van der Waals surface area contributed by atoms with Crippen LogP contribution in [0.5, 0.6) is 0 Å². The Hall–Kier alpha value is -6.78. The van der Waals surface area contributed by atoms with Crippen LogP contribution >= 0.6 is 0 Å². The third kappa shape index (κ3) is 4.98. The number of nitrogens with zero attached hydrogens (tertiary/aromatic N) is 2. The minimum atomic E-state index is -0.614. The summed E-state index contributed by atoms with van der Waals surface area (Å²) in [4.78, 5) is 0. The fourth-order valence-corrected chi connectivity index (χ4v) is 8.22.